The van der Waals surface area contributed by atoms with Crippen molar-refractivity contribution in [3.63, 3.8) is 0 Å². The molecule has 119 heavy (non-hydrogen) atoms. The maximum absolute atomic E-state index is 15.3. The van der Waals surface area contributed by atoms with Crippen molar-refractivity contribution in [2.24, 2.45) is 33.5 Å². The van der Waals surface area contributed by atoms with E-state index in [4.69, 9.17) is 42.6 Å². The number of methoxy groups -OCH3 is 2. The Hall–Kier alpha value is -10.4. The number of ketones is 2. The van der Waals surface area contributed by atoms with Crippen LogP contribution in [0.5, 0.6) is 0 Å². The Morgan fingerprint density at radius 1 is 0.504 bits per heavy atom. The van der Waals surface area contributed by atoms with E-state index in [0.29, 0.717) is 22.3 Å². The summed E-state index contributed by atoms with van der Waals surface area (Å²) in [4.78, 5) is 139. The Morgan fingerprint density at radius 3 is 1.18 bits per heavy atom. The zero-order valence-corrected chi connectivity index (χ0v) is 69.5. The first-order chi connectivity index (χ1) is 55.9. The van der Waals surface area contributed by atoms with E-state index in [2.05, 4.69) is 10.6 Å². The molecule has 638 valence electrons. The van der Waals surface area contributed by atoms with Crippen LogP contribution in [0.15, 0.2) is 198 Å². The number of aliphatic hydroxyl groups is 7. The molecule has 0 radical (unpaired) electrons. The van der Waals surface area contributed by atoms with E-state index in [1.807, 2.05) is 0 Å². The number of Topliss-reactive ketones (excluding diaryl/α,β-unsaturated/α-hetero) is 2. The van der Waals surface area contributed by atoms with Crippen LogP contribution in [0.4, 0.5) is 4.79 Å². The maximum atomic E-state index is 15.3. The van der Waals surface area contributed by atoms with Crippen molar-refractivity contribution < 1.29 is 126 Å². The fourth-order valence-electron chi connectivity index (χ4n) is 18.7. The minimum Gasteiger partial charge on any atom is -0.456 e. The predicted molar refractivity (Wildman–Crippen MR) is 428 cm³/mol. The third-order valence-corrected chi connectivity index (χ3v) is 24.9. The lowest BCUT2D eigenvalue weighted by molar-refractivity contribution is -0.257. The number of alkyl carbamates (subject to hydrolysis) is 1. The summed E-state index contributed by atoms with van der Waals surface area (Å²) in [6.45, 7) is 20.5. The van der Waals surface area contributed by atoms with Crippen LogP contribution in [0.3, 0.4) is 0 Å². The number of hydrogen-bond acceptors (Lipinski definition) is 26. The molecule has 28 nitrogen and oxygen atoms in total. The van der Waals surface area contributed by atoms with Gasteiger partial charge in [0.1, 0.15) is 71.2 Å². The Balaban J connectivity index is 0.000000250. The fraction of sp³-hybridized carbons (Fsp3) is 0.473. The number of carbonyl (C=O) groups excluding carboxylic acids is 10. The smallest absolute Gasteiger partial charge is 0.408 e. The molecule has 2 saturated carbocycles. The van der Waals surface area contributed by atoms with Gasteiger partial charge in [-0.05, 0) is 125 Å². The molecule has 6 aliphatic rings. The molecule has 0 saturated heterocycles. The van der Waals surface area contributed by atoms with E-state index >= 15 is 9.59 Å². The minimum absolute atomic E-state index is 0.0520. The Morgan fingerprint density at radius 2 is 0.840 bits per heavy atom. The highest BCUT2D eigenvalue weighted by Gasteiger charge is 2.75. The van der Waals surface area contributed by atoms with Gasteiger partial charge in [0.25, 0.3) is 5.91 Å². The molecular formula is C91H108N2O26. The molecule has 0 aliphatic heterocycles. The number of benzene rings is 5. The maximum Gasteiger partial charge on any atom is 0.408 e. The molecule has 5 aromatic rings. The van der Waals surface area contributed by atoms with E-state index in [0.717, 1.165) is 13.8 Å². The topological polar surface area (TPSA) is 419 Å². The van der Waals surface area contributed by atoms with Gasteiger partial charge in [-0.1, -0.05) is 174 Å². The van der Waals surface area contributed by atoms with Crippen molar-refractivity contribution in [1.82, 2.24) is 10.6 Å². The number of amides is 2. The van der Waals surface area contributed by atoms with Gasteiger partial charge < -0.3 is 89.0 Å². The van der Waals surface area contributed by atoms with Crippen molar-refractivity contribution in [2.75, 3.05) is 20.8 Å². The third kappa shape index (κ3) is 16.9. The molecule has 0 heterocycles. The summed E-state index contributed by atoms with van der Waals surface area (Å²) >= 11 is 0. The number of carbonyl (C=O) groups is 10. The summed E-state index contributed by atoms with van der Waals surface area (Å²) in [5.41, 5.74) is -14.4. The number of ether oxygens (including phenoxy) is 9. The van der Waals surface area contributed by atoms with Crippen molar-refractivity contribution in [2.45, 2.75) is 217 Å². The van der Waals surface area contributed by atoms with Gasteiger partial charge in [-0.25, -0.2) is 24.0 Å². The number of aliphatic hydroxyl groups excluding tert-OH is 5. The normalized spacial score (nSPS) is 30.7. The van der Waals surface area contributed by atoms with Crippen LogP contribution in [0, 0.1) is 33.5 Å². The molecule has 2 amide bonds. The third-order valence-electron chi connectivity index (χ3n) is 24.9. The lowest BCUT2D eigenvalue weighted by Crippen LogP contribution is -2.75. The summed E-state index contributed by atoms with van der Waals surface area (Å²) in [6.07, 6.45) is -13.2. The van der Waals surface area contributed by atoms with Gasteiger partial charge in [0.15, 0.2) is 29.4 Å². The molecular weight excluding hydrogens is 1540 g/mol. The zero-order chi connectivity index (χ0) is 87.7. The number of rotatable bonds is 21. The highest BCUT2D eigenvalue weighted by molar-refractivity contribution is 5.97. The van der Waals surface area contributed by atoms with E-state index in [-0.39, 0.29) is 34.3 Å². The standard InChI is InChI=1S/C46H51NO13.C45H57NO13/c1-26-31(58-42(55)35(51)34(28-16-10-7-11-17-28)47-40(53)29-18-12-8-13-19-29)24-46(56)39(59-41(54)30-20-14-9-15-21-30)37-44(5,38(52)36(57-6)33(26)43(46,3)4)23-22-32(50)45(37,25-48)60-27(2)49;1-11-44(58-26(3)47)30(48)22-23-43(9)35(44)37(57-38(51)28-20-16-13-17-21-28)45(54)24-29(25(2)31(42(45,7)8)34(55-10)36(43)50)56-39(52)33(49)32(27-18-14-12-15-19-27)46-40(53)59-41(4,5)6/h7-23,31-32,34-37,39,48,50-51,56H,24-25H2,1-6H3,(H,47,53);12-23,29-30,32-35,37,48-49,54H,11,24H2,1-10H3,(H,46,53)/t31-,32+,34-,35+,36+,37-,39-,44+,45-,46+;29-,30+,32-,33+,34+,35-,37-,43+,44-,45+/m00/s1. The molecule has 4 bridgehead atoms. The molecule has 0 spiro atoms. The van der Waals surface area contributed by atoms with Crippen molar-refractivity contribution in [1.29, 1.82) is 0 Å². The number of esters is 6. The Kier molecular flexibility index (Phi) is 26.8. The Bertz CT molecular complexity index is 4750. The van der Waals surface area contributed by atoms with Gasteiger partial charge in [0, 0.05) is 57.3 Å². The average Bonchev–Trinajstić information content (AvgIpc) is 0.685. The summed E-state index contributed by atoms with van der Waals surface area (Å²) in [5.74, 6) is -11.0. The molecule has 11 rings (SSSR count). The van der Waals surface area contributed by atoms with Crippen LogP contribution in [0.25, 0.3) is 0 Å². The van der Waals surface area contributed by atoms with Gasteiger partial charge in [-0.3, -0.25) is 24.0 Å². The SMILES string of the molecule is CC[C@]1(OC(C)=O)[C@H](O)C=C[C@@]2(C)C(=O)[C@H](OC)C3=C(C)[C@@H](OC(=O)[C@H](O)[C@@H](NC(=O)OC(C)(C)C)c4ccccc4)C[C@@](O)([C@@H](OC(=O)c4ccccc4)[C@H]12)C3(C)C.CO[C@H]1C(=O)[C@]2(C)C=C[C@@H](O)[C@](CO)(OC(C)=O)[C@H]2[C@H](OC(=O)c2ccccc2)[C@]2(O)C[C@H](OC(=O)[C@H](O)[C@@H](NC(=O)c3ccccc3)c3ccccc3)C(C)=C1C2(C)C. The second kappa shape index (κ2) is 35.1. The number of fused-ring (bicyclic) bond motifs is 6. The molecule has 0 unspecified atom stereocenters. The van der Waals surface area contributed by atoms with Gasteiger partial charge in [-0.15, -0.1) is 0 Å². The molecule has 28 heteroatoms. The van der Waals surface area contributed by atoms with Gasteiger partial charge in [0.2, 0.25) is 0 Å². The number of allylic oxidation sites excluding steroid dienone is 2. The number of nitrogens with one attached hydrogen (secondary N) is 2. The minimum atomic E-state index is -2.38. The van der Waals surface area contributed by atoms with Crippen LogP contribution >= 0.6 is 0 Å². The second-order valence-corrected chi connectivity index (χ2v) is 33.8. The van der Waals surface area contributed by atoms with Crippen molar-refractivity contribution in [3.05, 3.63) is 226 Å². The predicted octanol–water partition coefficient (Wildman–Crippen LogP) is 8.67. The second-order valence-electron chi connectivity index (χ2n) is 33.8. The van der Waals surface area contributed by atoms with Gasteiger partial charge >= 0.3 is 41.9 Å². The van der Waals surface area contributed by atoms with Gasteiger partial charge in [0.05, 0.1) is 52.5 Å². The van der Waals surface area contributed by atoms with Gasteiger partial charge in [-0.2, -0.15) is 0 Å². The molecule has 5 aromatic carbocycles. The molecule has 0 aromatic heterocycles. The van der Waals surface area contributed by atoms with Crippen LogP contribution in [0.2, 0.25) is 0 Å². The highest BCUT2D eigenvalue weighted by atomic mass is 16.6. The van der Waals surface area contributed by atoms with Crippen LogP contribution in [-0.2, 0) is 71.4 Å². The summed E-state index contributed by atoms with van der Waals surface area (Å²) in [6, 6.07) is 37.8. The Labute approximate surface area is 690 Å². The average molecular weight is 1650 g/mol. The van der Waals surface area contributed by atoms with Crippen LogP contribution in [0.1, 0.15) is 170 Å². The van der Waals surface area contributed by atoms with Crippen molar-refractivity contribution in [3.8, 4) is 0 Å². The van der Waals surface area contributed by atoms with E-state index in [9.17, 15) is 74.1 Å². The van der Waals surface area contributed by atoms with E-state index in [1.54, 1.807) is 204 Å². The lowest BCUT2D eigenvalue weighted by atomic mass is 9.47. The fourth-order valence-corrected chi connectivity index (χ4v) is 18.7. The lowest BCUT2D eigenvalue weighted by Gasteiger charge is -2.62. The summed E-state index contributed by atoms with van der Waals surface area (Å²) in [7, 11) is 2.59. The van der Waals surface area contributed by atoms with Crippen LogP contribution in [-0.4, -0.2) is 205 Å². The first-order valence-electron chi connectivity index (χ1n) is 39.4. The molecule has 6 aliphatic carbocycles. The van der Waals surface area contributed by atoms with E-state index in [1.165, 1.54) is 69.7 Å². The highest BCUT2D eigenvalue weighted by Crippen LogP contribution is 2.64. The number of hydrogen-bond donors (Lipinski definition) is 9. The van der Waals surface area contributed by atoms with E-state index < -0.39 is 213 Å². The first-order valence-corrected chi connectivity index (χ1v) is 39.4. The largest absolute Gasteiger partial charge is 0.456 e. The van der Waals surface area contributed by atoms with Crippen LogP contribution < -0.4 is 10.6 Å². The quantitative estimate of drug-likeness (QED) is 0.0188. The zero-order valence-electron chi connectivity index (χ0n) is 69.5. The van der Waals surface area contributed by atoms with Crippen molar-refractivity contribution >= 4 is 59.4 Å². The molecule has 20 atom stereocenters. The first kappa shape index (κ1) is 90.9. The monoisotopic (exact) mass is 1640 g/mol. The summed E-state index contributed by atoms with van der Waals surface area (Å²) < 4.78 is 54.0. The molecule has 9 N–H and O–H groups in total. The molecule has 2 fully saturated rings. The summed E-state index contributed by atoms with van der Waals surface area (Å²) in [5, 5.41) is 90.4.